The molecule has 2 rings (SSSR count). The highest BCUT2D eigenvalue weighted by Crippen LogP contribution is 2.31. The second-order valence-corrected chi connectivity index (χ2v) is 2.73. The molecule has 0 radical (unpaired) electrons. The van der Waals surface area contributed by atoms with E-state index in [1.807, 2.05) is 6.21 Å². The summed E-state index contributed by atoms with van der Waals surface area (Å²) in [4.78, 5) is 4.10. The second-order valence-electron chi connectivity index (χ2n) is 2.73. The third-order valence-electron chi connectivity index (χ3n) is 2.08. The second kappa shape index (κ2) is 2.57. The lowest BCUT2D eigenvalue weighted by Gasteiger charge is -2.14. The maximum absolute atomic E-state index is 5.30. The Morgan fingerprint density at radius 1 is 1.64 bits per heavy atom. The number of ether oxygens (including phenoxy) is 2. The van der Waals surface area contributed by atoms with Gasteiger partial charge in [0.1, 0.15) is 0 Å². The fourth-order valence-electron chi connectivity index (χ4n) is 1.40. The van der Waals surface area contributed by atoms with Crippen LogP contribution in [0.25, 0.3) is 0 Å². The van der Waals surface area contributed by atoms with E-state index >= 15 is 0 Å². The molecule has 0 bridgehead atoms. The Kier molecular flexibility index (Phi) is 1.56. The van der Waals surface area contributed by atoms with Crippen LogP contribution in [0.15, 0.2) is 16.6 Å². The molecule has 60 valence electrons. The molecule has 2 aliphatic rings. The predicted molar refractivity (Wildman–Crippen MR) is 41.0 cm³/mol. The van der Waals surface area contributed by atoms with Gasteiger partial charge in [0.25, 0.3) is 5.88 Å². The monoisotopic (exact) mass is 153 g/mol. The Labute approximate surface area is 65.7 Å². The maximum atomic E-state index is 5.30. The zero-order valence-electron chi connectivity index (χ0n) is 6.54. The fraction of sp³-hybridized carbons (Fsp3) is 0.625. The zero-order valence-corrected chi connectivity index (χ0v) is 6.54. The quantitative estimate of drug-likeness (QED) is 0.573. The normalized spacial score (nSPS) is 27.9. The van der Waals surface area contributed by atoms with Gasteiger partial charge >= 0.3 is 0 Å². The summed E-state index contributed by atoms with van der Waals surface area (Å²) in [6.45, 7) is 2.49. The van der Waals surface area contributed by atoms with Crippen molar-refractivity contribution in [3.63, 3.8) is 0 Å². The van der Waals surface area contributed by atoms with Gasteiger partial charge in [0.05, 0.1) is 0 Å². The van der Waals surface area contributed by atoms with Gasteiger partial charge in [-0.3, -0.25) is 0 Å². The number of allylic oxidation sites excluding steroid dienone is 1. The van der Waals surface area contributed by atoms with Gasteiger partial charge < -0.3 is 9.47 Å². The standard InChI is InChI=1S/C8H11NO2/c1-2-6-3-4-9-8-7(6)10-5-11-8/h4,6H,2-3,5H2,1H3. The molecule has 0 aromatic carbocycles. The highest BCUT2D eigenvalue weighted by atomic mass is 16.7. The molecule has 2 heterocycles. The van der Waals surface area contributed by atoms with Crippen molar-refractivity contribution >= 4 is 6.21 Å². The lowest BCUT2D eigenvalue weighted by atomic mass is 9.99. The molecule has 0 saturated carbocycles. The molecule has 11 heavy (non-hydrogen) atoms. The van der Waals surface area contributed by atoms with Crippen molar-refractivity contribution < 1.29 is 9.47 Å². The minimum absolute atomic E-state index is 0.346. The topological polar surface area (TPSA) is 30.8 Å². The van der Waals surface area contributed by atoms with E-state index in [0.717, 1.165) is 18.6 Å². The molecule has 0 aromatic heterocycles. The van der Waals surface area contributed by atoms with E-state index in [1.54, 1.807) is 0 Å². The fourth-order valence-corrected chi connectivity index (χ4v) is 1.40. The van der Waals surface area contributed by atoms with Gasteiger partial charge in [-0.2, -0.15) is 0 Å². The Balaban J connectivity index is 2.23. The summed E-state index contributed by atoms with van der Waals surface area (Å²) in [5.41, 5.74) is 0. The lowest BCUT2D eigenvalue weighted by Crippen LogP contribution is -2.08. The smallest absolute Gasteiger partial charge is 0.255 e. The summed E-state index contributed by atoms with van der Waals surface area (Å²) in [6, 6.07) is 0. The van der Waals surface area contributed by atoms with Crippen molar-refractivity contribution in [2.45, 2.75) is 19.8 Å². The predicted octanol–water partition coefficient (Wildman–Crippen LogP) is 1.66. The molecule has 3 heteroatoms. The molecular weight excluding hydrogens is 142 g/mol. The first-order valence-corrected chi connectivity index (χ1v) is 3.94. The first-order valence-electron chi connectivity index (χ1n) is 3.94. The van der Waals surface area contributed by atoms with Crippen LogP contribution in [-0.4, -0.2) is 13.0 Å². The number of rotatable bonds is 1. The van der Waals surface area contributed by atoms with Gasteiger partial charge in [0.15, 0.2) is 5.76 Å². The van der Waals surface area contributed by atoms with Gasteiger partial charge in [-0.15, -0.1) is 0 Å². The van der Waals surface area contributed by atoms with Crippen LogP contribution in [0.2, 0.25) is 0 Å². The SMILES string of the molecule is CCC1CC=NC2=C1OCO2. The molecule has 2 aliphatic heterocycles. The van der Waals surface area contributed by atoms with E-state index in [4.69, 9.17) is 9.47 Å². The third kappa shape index (κ3) is 1.00. The van der Waals surface area contributed by atoms with E-state index < -0.39 is 0 Å². The van der Waals surface area contributed by atoms with E-state index in [9.17, 15) is 0 Å². The summed E-state index contributed by atoms with van der Waals surface area (Å²) in [6.07, 6.45) is 3.98. The largest absolute Gasteiger partial charge is 0.456 e. The lowest BCUT2D eigenvalue weighted by molar-refractivity contribution is 0.0638. The molecule has 3 nitrogen and oxygen atoms in total. The average molecular weight is 153 g/mol. The molecule has 0 amide bonds. The van der Waals surface area contributed by atoms with Gasteiger partial charge in [0.2, 0.25) is 6.79 Å². The first kappa shape index (κ1) is 6.70. The summed E-state index contributed by atoms with van der Waals surface area (Å²) >= 11 is 0. The Morgan fingerprint density at radius 2 is 2.55 bits per heavy atom. The van der Waals surface area contributed by atoms with E-state index in [2.05, 4.69) is 11.9 Å². The zero-order chi connectivity index (χ0) is 7.68. The number of hydrogen-bond donors (Lipinski definition) is 0. The number of aliphatic imine (C=N–C) groups is 1. The average Bonchev–Trinajstić information content (AvgIpc) is 2.50. The molecular formula is C8H11NO2. The van der Waals surface area contributed by atoms with Crippen LogP contribution in [-0.2, 0) is 9.47 Å². The third-order valence-corrected chi connectivity index (χ3v) is 2.08. The van der Waals surface area contributed by atoms with Crippen molar-refractivity contribution in [1.82, 2.24) is 0 Å². The van der Waals surface area contributed by atoms with Gasteiger partial charge in [-0.1, -0.05) is 6.92 Å². The minimum Gasteiger partial charge on any atom is -0.456 e. The summed E-state index contributed by atoms with van der Waals surface area (Å²) < 4.78 is 10.5. The maximum Gasteiger partial charge on any atom is 0.255 e. The molecule has 0 N–H and O–H groups in total. The summed E-state index contributed by atoms with van der Waals surface area (Å²) in [7, 11) is 0. The van der Waals surface area contributed by atoms with Crippen LogP contribution in [0.5, 0.6) is 0 Å². The van der Waals surface area contributed by atoms with Crippen LogP contribution in [0, 0.1) is 5.92 Å². The Morgan fingerprint density at radius 3 is 3.36 bits per heavy atom. The Bertz CT molecular complexity index is 220. The Hall–Kier alpha value is -0.990. The van der Waals surface area contributed by atoms with Crippen LogP contribution in [0.1, 0.15) is 19.8 Å². The molecule has 1 unspecified atom stereocenters. The first-order chi connectivity index (χ1) is 5.42. The highest BCUT2D eigenvalue weighted by Gasteiger charge is 2.26. The molecule has 0 saturated heterocycles. The summed E-state index contributed by atoms with van der Waals surface area (Å²) in [5.74, 6) is 2.14. The number of hydrogen-bond acceptors (Lipinski definition) is 3. The summed E-state index contributed by atoms with van der Waals surface area (Å²) in [5, 5.41) is 0. The van der Waals surface area contributed by atoms with Crippen LogP contribution in [0.3, 0.4) is 0 Å². The molecule has 0 fully saturated rings. The van der Waals surface area contributed by atoms with Gasteiger partial charge in [-0.05, 0) is 12.8 Å². The van der Waals surface area contributed by atoms with Crippen LogP contribution < -0.4 is 0 Å². The molecule has 0 aliphatic carbocycles. The highest BCUT2D eigenvalue weighted by molar-refractivity contribution is 5.61. The van der Waals surface area contributed by atoms with E-state index in [-0.39, 0.29) is 0 Å². The van der Waals surface area contributed by atoms with Crippen molar-refractivity contribution in [1.29, 1.82) is 0 Å². The minimum atomic E-state index is 0.346. The van der Waals surface area contributed by atoms with Crippen LogP contribution in [0.4, 0.5) is 0 Å². The van der Waals surface area contributed by atoms with Crippen LogP contribution >= 0.6 is 0 Å². The van der Waals surface area contributed by atoms with Crippen molar-refractivity contribution in [3.05, 3.63) is 11.6 Å². The van der Waals surface area contributed by atoms with Crippen molar-refractivity contribution in [2.24, 2.45) is 10.9 Å². The van der Waals surface area contributed by atoms with Crippen molar-refractivity contribution in [3.8, 4) is 0 Å². The van der Waals surface area contributed by atoms with Gasteiger partial charge in [-0.25, -0.2) is 4.99 Å². The molecule has 1 atom stereocenters. The van der Waals surface area contributed by atoms with E-state index in [0.29, 0.717) is 18.6 Å². The van der Waals surface area contributed by atoms with Crippen molar-refractivity contribution in [2.75, 3.05) is 6.79 Å². The van der Waals surface area contributed by atoms with E-state index in [1.165, 1.54) is 0 Å². The molecule has 0 spiro atoms. The molecule has 0 aromatic rings. The number of nitrogens with zero attached hydrogens (tertiary/aromatic N) is 1. The van der Waals surface area contributed by atoms with Gasteiger partial charge in [0, 0.05) is 12.1 Å².